The van der Waals surface area contributed by atoms with E-state index in [-0.39, 0.29) is 11.8 Å². The maximum Gasteiger partial charge on any atom is 0.178 e. The van der Waals surface area contributed by atoms with Crippen LogP contribution in [0.1, 0.15) is 31.0 Å². The largest absolute Gasteiger partial charge is 0.306 e. The van der Waals surface area contributed by atoms with Crippen LogP contribution in [0.25, 0.3) is 0 Å². The minimum Gasteiger partial charge on any atom is -0.306 e. The second kappa shape index (κ2) is 7.19. The highest BCUT2D eigenvalue weighted by Crippen LogP contribution is 2.19. The molecule has 23 heavy (non-hydrogen) atoms. The molecule has 0 unspecified atom stereocenters. The molecule has 3 nitrogen and oxygen atoms in total. The van der Waals surface area contributed by atoms with Crippen LogP contribution in [-0.2, 0) is 16.4 Å². The summed E-state index contributed by atoms with van der Waals surface area (Å²) in [7, 11) is -3.20. The zero-order chi connectivity index (χ0) is 17.0. The van der Waals surface area contributed by atoms with Gasteiger partial charge in [0.05, 0.1) is 10.6 Å². The summed E-state index contributed by atoms with van der Waals surface area (Å²) in [5.74, 6) is -1.13. The third-order valence-corrected chi connectivity index (χ3v) is 5.45. The van der Waals surface area contributed by atoms with Gasteiger partial charge in [-0.05, 0) is 30.7 Å². The fraction of sp³-hybridized carbons (Fsp3) is 0.294. The Hall–Kier alpha value is -1.79. The normalized spacial score (nSPS) is 13.0. The maximum absolute atomic E-state index is 13.7. The van der Waals surface area contributed by atoms with Crippen molar-refractivity contribution in [3.63, 3.8) is 0 Å². The monoisotopic (exact) mass is 339 g/mol. The van der Waals surface area contributed by atoms with Gasteiger partial charge in [0, 0.05) is 24.2 Å². The van der Waals surface area contributed by atoms with E-state index in [2.05, 4.69) is 5.32 Å². The molecule has 124 valence electrons. The van der Waals surface area contributed by atoms with Crippen molar-refractivity contribution in [3.8, 4) is 0 Å². The highest BCUT2D eigenvalue weighted by Gasteiger charge is 2.13. The Balaban J connectivity index is 2.03. The van der Waals surface area contributed by atoms with Gasteiger partial charge < -0.3 is 5.32 Å². The number of sulfone groups is 1. The molecule has 0 spiro atoms. The van der Waals surface area contributed by atoms with Crippen LogP contribution in [0.4, 0.5) is 8.78 Å². The van der Waals surface area contributed by atoms with Crippen LogP contribution in [0.3, 0.4) is 0 Å². The Morgan fingerprint density at radius 2 is 1.74 bits per heavy atom. The highest BCUT2D eigenvalue weighted by atomic mass is 32.2. The average molecular weight is 339 g/mol. The second-order valence-corrected chi connectivity index (χ2v) is 7.59. The molecule has 0 aliphatic carbocycles. The molecule has 2 rings (SSSR count). The van der Waals surface area contributed by atoms with Gasteiger partial charge in [-0.3, -0.25) is 0 Å². The Kier molecular flexibility index (Phi) is 5.49. The molecule has 0 saturated carbocycles. The van der Waals surface area contributed by atoms with Crippen LogP contribution >= 0.6 is 0 Å². The Bertz CT molecular complexity index is 774. The van der Waals surface area contributed by atoms with Crippen molar-refractivity contribution >= 4 is 9.84 Å². The van der Waals surface area contributed by atoms with E-state index in [1.165, 1.54) is 12.1 Å². The maximum atomic E-state index is 13.7. The fourth-order valence-corrected chi connectivity index (χ4v) is 3.10. The van der Waals surface area contributed by atoms with Gasteiger partial charge in [0.2, 0.25) is 0 Å². The second-order valence-electron chi connectivity index (χ2n) is 5.32. The molecule has 2 aromatic carbocycles. The summed E-state index contributed by atoms with van der Waals surface area (Å²) in [6, 6.07) is 9.79. The van der Waals surface area contributed by atoms with Crippen LogP contribution < -0.4 is 5.32 Å². The lowest BCUT2D eigenvalue weighted by Gasteiger charge is -2.15. The van der Waals surface area contributed by atoms with Crippen LogP contribution in [0.2, 0.25) is 0 Å². The van der Waals surface area contributed by atoms with Crippen molar-refractivity contribution in [1.29, 1.82) is 0 Å². The summed E-state index contributed by atoms with van der Waals surface area (Å²) >= 11 is 0. The van der Waals surface area contributed by atoms with Gasteiger partial charge in [0.15, 0.2) is 9.84 Å². The van der Waals surface area contributed by atoms with E-state index in [0.717, 1.165) is 11.6 Å². The minimum absolute atomic E-state index is 0.0610. The van der Waals surface area contributed by atoms with E-state index in [0.29, 0.717) is 17.0 Å². The number of nitrogens with one attached hydrogen (secondary N) is 1. The average Bonchev–Trinajstić information content (AvgIpc) is 2.53. The van der Waals surface area contributed by atoms with Gasteiger partial charge in [-0.2, -0.15) is 0 Å². The smallest absolute Gasteiger partial charge is 0.178 e. The third-order valence-electron chi connectivity index (χ3n) is 3.70. The minimum atomic E-state index is -3.20. The highest BCUT2D eigenvalue weighted by molar-refractivity contribution is 7.91. The topological polar surface area (TPSA) is 46.2 Å². The van der Waals surface area contributed by atoms with Crippen molar-refractivity contribution in [2.75, 3.05) is 5.75 Å². The Labute approximate surface area is 135 Å². The number of rotatable bonds is 6. The summed E-state index contributed by atoms with van der Waals surface area (Å²) in [5.41, 5.74) is 1.27. The van der Waals surface area contributed by atoms with Gasteiger partial charge in [-0.15, -0.1) is 0 Å². The van der Waals surface area contributed by atoms with Gasteiger partial charge in [-0.25, -0.2) is 17.2 Å². The van der Waals surface area contributed by atoms with Crippen molar-refractivity contribution < 1.29 is 17.2 Å². The first-order valence-corrected chi connectivity index (χ1v) is 8.98. The number of hydrogen-bond donors (Lipinski definition) is 1. The van der Waals surface area contributed by atoms with Crippen molar-refractivity contribution in [2.24, 2.45) is 0 Å². The summed E-state index contributed by atoms with van der Waals surface area (Å²) in [5, 5.41) is 3.14. The first-order valence-electron chi connectivity index (χ1n) is 7.33. The summed E-state index contributed by atoms with van der Waals surface area (Å²) in [6.45, 7) is 3.83. The van der Waals surface area contributed by atoms with Gasteiger partial charge >= 0.3 is 0 Å². The van der Waals surface area contributed by atoms with Gasteiger partial charge in [0.25, 0.3) is 0 Å². The lowest BCUT2D eigenvalue weighted by atomic mass is 10.1. The number of halogens is 2. The summed E-state index contributed by atoms with van der Waals surface area (Å²) in [4.78, 5) is 0.293. The standard InChI is InChI=1S/C17H19F2NO2S/c1-3-23(21,22)15-7-4-13(5-8-15)11-20-12(2)16-9-6-14(18)10-17(16)19/h4-10,12,20H,3,11H2,1-2H3/t12-/m1/s1. The molecular weight excluding hydrogens is 320 g/mol. The molecule has 1 N–H and O–H groups in total. The fourth-order valence-electron chi connectivity index (χ4n) is 2.21. The molecular formula is C17H19F2NO2S. The van der Waals surface area contributed by atoms with Crippen molar-refractivity contribution in [2.45, 2.75) is 31.3 Å². The van der Waals surface area contributed by atoms with Crippen LogP contribution in [0.15, 0.2) is 47.4 Å². The van der Waals surface area contributed by atoms with Crippen molar-refractivity contribution in [3.05, 3.63) is 65.2 Å². The van der Waals surface area contributed by atoms with E-state index in [4.69, 9.17) is 0 Å². The number of hydrogen-bond acceptors (Lipinski definition) is 3. The Morgan fingerprint density at radius 1 is 1.09 bits per heavy atom. The molecule has 1 atom stereocenters. The van der Waals surface area contributed by atoms with Crippen LogP contribution in [0.5, 0.6) is 0 Å². The van der Waals surface area contributed by atoms with E-state index in [1.54, 1.807) is 38.1 Å². The van der Waals surface area contributed by atoms with E-state index < -0.39 is 21.5 Å². The molecule has 0 radical (unpaired) electrons. The van der Waals surface area contributed by atoms with E-state index in [9.17, 15) is 17.2 Å². The molecule has 0 aliphatic rings. The predicted octanol–water partition coefficient (Wildman–Crippen LogP) is 3.61. The summed E-state index contributed by atoms with van der Waals surface area (Å²) < 4.78 is 50.1. The van der Waals surface area contributed by atoms with Crippen LogP contribution in [-0.4, -0.2) is 14.2 Å². The summed E-state index contributed by atoms with van der Waals surface area (Å²) in [6.07, 6.45) is 0. The molecule has 0 aromatic heterocycles. The first kappa shape index (κ1) is 17.6. The Morgan fingerprint density at radius 3 is 2.30 bits per heavy atom. The van der Waals surface area contributed by atoms with Crippen molar-refractivity contribution in [1.82, 2.24) is 5.32 Å². The van der Waals surface area contributed by atoms with Crippen LogP contribution in [0, 0.1) is 11.6 Å². The quantitative estimate of drug-likeness (QED) is 0.874. The lowest BCUT2D eigenvalue weighted by molar-refractivity contribution is 0.517. The molecule has 0 amide bonds. The molecule has 6 heteroatoms. The van der Waals surface area contributed by atoms with Gasteiger partial charge in [0.1, 0.15) is 11.6 Å². The molecule has 2 aromatic rings. The molecule has 0 saturated heterocycles. The van der Waals surface area contributed by atoms with Gasteiger partial charge in [-0.1, -0.05) is 25.1 Å². The number of benzene rings is 2. The zero-order valence-electron chi connectivity index (χ0n) is 13.0. The van der Waals surface area contributed by atoms with E-state index in [1.807, 2.05) is 0 Å². The lowest BCUT2D eigenvalue weighted by Crippen LogP contribution is -2.19. The zero-order valence-corrected chi connectivity index (χ0v) is 13.8. The molecule has 0 bridgehead atoms. The molecule has 0 heterocycles. The molecule has 0 aliphatic heterocycles. The first-order chi connectivity index (χ1) is 10.8. The SMILES string of the molecule is CCS(=O)(=O)c1ccc(CN[C@H](C)c2ccc(F)cc2F)cc1. The predicted molar refractivity (Wildman–Crippen MR) is 85.8 cm³/mol. The molecule has 0 fully saturated rings. The van der Waals surface area contributed by atoms with E-state index >= 15 is 0 Å². The third kappa shape index (κ3) is 4.36.